The van der Waals surface area contributed by atoms with Crippen LogP contribution in [0.2, 0.25) is 0 Å². The Morgan fingerprint density at radius 3 is 2.28 bits per heavy atom. The molecule has 2 aromatic carbocycles. The molecule has 0 aliphatic carbocycles. The number of hydrogen-bond acceptors (Lipinski definition) is 0. The second kappa shape index (κ2) is 7.74. The van der Waals surface area contributed by atoms with Crippen LogP contribution in [0.1, 0.15) is 22.5 Å². The minimum atomic E-state index is -4.34. The Morgan fingerprint density at radius 2 is 1.60 bits per heavy atom. The van der Waals surface area contributed by atoms with E-state index < -0.39 is 11.7 Å². The first kappa shape index (κ1) is 19.1. The van der Waals surface area contributed by atoms with Crippen LogP contribution in [0.25, 0.3) is 0 Å². The summed E-state index contributed by atoms with van der Waals surface area (Å²) < 4.78 is 43.3. The minimum absolute atomic E-state index is 0. The Bertz CT molecular complexity index is 826. The molecule has 0 saturated heterocycles. The van der Waals surface area contributed by atoms with Crippen molar-refractivity contribution in [2.45, 2.75) is 26.2 Å². The number of nitrogens with zero attached hydrogens (tertiary/aromatic N) is 2. The Morgan fingerprint density at radius 1 is 0.960 bits per heavy atom. The fourth-order valence-electron chi connectivity index (χ4n) is 2.77. The summed E-state index contributed by atoms with van der Waals surface area (Å²) in [6.45, 7) is 2.81. The van der Waals surface area contributed by atoms with Crippen LogP contribution in [0.5, 0.6) is 0 Å². The molecule has 0 atom stereocenters. The van der Waals surface area contributed by atoms with Crippen LogP contribution in [0, 0.1) is 6.92 Å². The maximum Gasteiger partial charge on any atom is 0.416 e. The third kappa shape index (κ3) is 4.42. The summed E-state index contributed by atoms with van der Waals surface area (Å²) in [6, 6.07) is 15.7. The minimum Gasteiger partial charge on any atom is -1.00 e. The molecule has 25 heavy (non-hydrogen) atoms. The molecule has 0 saturated carbocycles. The van der Waals surface area contributed by atoms with Gasteiger partial charge in [-0.25, -0.2) is 9.13 Å². The van der Waals surface area contributed by atoms with Crippen molar-refractivity contribution in [3.63, 3.8) is 0 Å². The Balaban J connectivity index is 0.00000225. The Hall–Kier alpha value is -2.27. The molecule has 0 spiro atoms. The molecule has 0 radical (unpaired) electrons. The Labute approximate surface area is 151 Å². The molecule has 132 valence electrons. The molecular weight excluding hydrogens is 349 g/mol. The molecule has 1 heterocycles. The van der Waals surface area contributed by atoms with Crippen molar-refractivity contribution in [2.75, 3.05) is 0 Å². The lowest BCUT2D eigenvalue weighted by atomic mass is 10.1. The largest absolute Gasteiger partial charge is 1.00 e. The predicted molar refractivity (Wildman–Crippen MR) is 85.5 cm³/mol. The van der Waals surface area contributed by atoms with Gasteiger partial charge in [0, 0.05) is 12.5 Å². The van der Waals surface area contributed by atoms with Gasteiger partial charge in [0.25, 0.3) is 5.82 Å². The smallest absolute Gasteiger partial charge is 0.416 e. The lowest BCUT2D eigenvalue weighted by Gasteiger charge is -2.11. The van der Waals surface area contributed by atoms with Gasteiger partial charge in [-0.05, 0) is 11.6 Å². The van der Waals surface area contributed by atoms with Gasteiger partial charge in [0.1, 0.15) is 25.5 Å². The molecule has 3 rings (SSSR count). The normalized spacial score (nSPS) is 11.2. The zero-order valence-electron chi connectivity index (χ0n) is 13.7. The molecule has 0 bridgehead atoms. The summed E-state index contributed by atoms with van der Waals surface area (Å²) in [5.74, 6) is 0.913. The molecule has 0 aliphatic heterocycles. The molecule has 2 nitrogen and oxygen atoms in total. The van der Waals surface area contributed by atoms with Crippen LogP contribution in [0.15, 0.2) is 67.0 Å². The highest BCUT2D eigenvalue weighted by Gasteiger charge is 2.33. The maximum atomic E-state index is 13.1. The summed E-state index contributed by atoms with van der Waals surface area (Å²) in [6.07, 6.45) is -0.609. The first-order chi connectivity index (χ1) is 11.4. The molecule has 0 N–H and O–H groups in total. The van der Waals surface area contributed by atoms with Crippen LogP contribution < -0.4 is 17.0 Å². The number of halogens is 4. The summed E-state index contributed by atoms with van der Waals surface area (Å²) >= 11 is 0. The van der Waals surface area contributed by atoms with Crippen LogP contribution in [0.3, 0.4) is 0 Å². The summed E-state index contributed by atoms with van der Waals surface area (Å²) in [4.78, 5) is 0. The zero-order chi connectivity index (χ0) is 17.2. The van der Waals surface area contributed by atoms with Gasteiger partial charge < -0.3 is 12.4 Å². The van der Waals surface area contributed by atoms with Gasteiger partial charge in [-0.3, -0.25) is 0 Å². The van der Waals surface area contributed by atoms with Gasteiger partial charge in [0.05, 0.1) is 5.56 Å². The molecule has 0 aliphatic rings. The average Bonchev–Trinajstić information content (AvgIpc) is 2.89. The van der Waals surface area contributed by atoms with E-state index in [2.05, 4.69) is 0 Å². The maximum absolute atomic E-state index is 13.1. The van der Waals surface area contributed by atoms with Crippen molar-refractivity contribution in [1.29, 1.82) is 0 Å². The standard InChI is InChI=1S/C19H18F3N2.ClH/c1-15-23(13-16-7-3-2-4-8-16)11-12-24(15)14-17-9-5-6-10-18(17)19(20,21)22;/h2-12H,13-14H2,1H3;1H/q+1;/p-1. The first-order valence-electron chi connectivity index (χ1n) is 7.69. The van der Waals surface area contributed by atoms with Gasteiger partial charge in [0.2, 0.25) is 0 Å². The molecule has 0 fully saturated rings. The molecular formula is C19H18ClF3N2. The van der Waals surface area contributed by atoms with Crippen molar-refractivity contribution in [3.05, 3.63) is 89.5 Å². The van der Waals surface area contributed by atoms with Gasteiger partial charge in [-0.15, -0.1) is 0 Å². The van der Waals surface area contributed by atoms with E-state index in [4.69, 9.17) is 0 Å². The van der Waals surface area contributed by atoms with Gasteiger partial charge in [0.15, 0.2) is 0 Å². The van der Waals surface area contributed by atoms with E-state index in [1.807, 2.05) is 58.8 Å². The van der Waals surface area contributed by atoms with E-state index in [1.165, 1.54) is 12.1 Å². The summed E-state index contributed by atoms with van der Waals surface area (Å²) in [5, 5.41) is 0. The monoisotopic (exact) mass is 366 g/mol. The summed E-state index contributed by atoms with van der Waals surface area (Å²) in [7, 11) is 0. The number of imidazole rings is 1. The number of hydrogen-bond donors (Lipinski definition) is 0. The lowest BCUT2D eigenvalue weighted by molar-refractivity contribution is -0.693. The molecule has 1 aromatic heterocycles. The van der Waals surface area contributed by atoms with Gasteiger partial charge in [-0.1, -0.05) is 48.5 Å². The molecule has 6 heteroatoms. The third-order valence-corrected chi connectivity index (χ3v) is 4.12. The van der Waals surface area contributed by atoms with Crippen molar-refractivity contribution in [1.82, 2.24) is 4.57 Å². The predicted octanol–water partition coefficient (Wildman–Crippen LogP) is 1.20. The Kier molecular flexibility index (Phi) is 5.90. The highest BCUT2D eigenvalue weighted by molar-refractivity contribution is 5.30. The topological polar surface area (TPSA) is 8.81 Å². The quantitative estimate of drug-likeness (QED) is 0.614. The number of alkyl halides is 3. The SMILES string of the molecule is Cc1n(Cc2ccccc2C(F)(F)F)cc[n+]1Cc1ccccc1.[Cl-]. The lowest BCUT2D eigenvalue weighted by Crippen LogP contribution is -3.00. The van der Waals surface area contributed by atoms with E-state index in [-0.39, 0.29) is 24.5 Å². The van der Waals surface area contributed by atoms with Crippen LogP contribution in [0.4, 0.5) is 13.2 Å². The molecule has 0 unspecified atom stereocenters. The van der Waals surface area contributed by atoms with E-state index in [0.717, 1.165) is 17.5 Å². The summed E-state index contributed by atoms with van der Waals surface area (Å²) in [5.41, 5.74) is 0.849. The van der Waals surface area contributed by atoms with E-state index in [1.54, 1.807) is 6.07 Å². The zero-order valence-corrected chi connectivity index (χ0v) is 14.4. The molecule has 0 amide bonds. The highest BCUT2D eigenvalue weighted by Crippen LogP contribution is 2.32. The average molecular weight is 367 g/mol. The van der Waals surface area contributed by atoms with Crippen LogP contribution in [-0.2, 0) is 19.3 Å². The van der Waals surface area contributed by atoms with Gasteiger partial charge >= 0.3 is 6.18 Å². The second-order valence-corrected chi connectivity index (χ2v) is 5.74. The van der Waals surface area contributed by atoms with E-state index in [9.17, 15) is 13.2 Å². The molecule has 3 aromatic rings. The van der Waals surface area contributed by atoms with Crippen LogP contribution in [-0.4, -0.2) is 4.57 Å². The van der Waals surface area contributed by atoms with Crippen LogP contribution >= 0.6 is 0 Å². The fraction of sp³-hybridized carbons (Fsp3) is 0.211. The van der Waals surface area contributed by atoms with Crippen molar-refractivity contribution in [3.8, 4) is 0 Å². The first-order valence-corrected chi connectivity index (χ1v) is 7.69. The van der Waals surface area contributed by atoms with Crippen molar-refractivity contribution in [2.24, 2.45) is 0 Å². The highest BCUT2D eigenvalue weighted by atomic mass is 35.5. The van der Waals surface area contributed by atoms with E-state index >= 15 is 0 Å². The fourth-order valence-corrected chi connectivity index (χ4v) is 2.77. The number of aromatic nitrogens is 2. The van der Waals surface area contributed by atoms with Gasteiger partial charge in [-0.2, -0.15) is 13.2 Å². The third-order valence-electron chi connectivity index (χ3n) is 4.12. The van der Waals surface area contributed by atoms with Crippen molar-refractivity contribution >= 4 is 0 Å². The second-order valence-electron chi connectivity index (χ2n) is 5.74. The van der Waals surface area contributed by atoms with E-state index in [0.29, 0.717) is 6.54 Å². The number of benzene rings is 2. The van der Waals surface area contributed by atoms with Crippen molar-refractivity contribution < 1.29 is 30.1 Å². The number of rotatable bonds is 4.